The van der Waals surface area contributed by atoms with Gasteiger partial charge in [-0.25, -0.2) is 9.97 Å². The first-order valence-corrected chi connectivity index (χ1v) is 9.60. The Hall–Kier alpha value is -2.63. The molecule has 1 atom stereocenters. The molecule has 0 aliphatic carbocycles. The molecule has 6 heteroatoms. The molecular formula is C21H28N4O2. The molecule has 0 bridgehead atoms. The van der Waals surface area contributed by atoms with Crippen molar-refractivity contribution < 1.29 is 9.53 Å². The molecular weight excluding hydrogens is 340 g/mol. The van der Waals surface area contributed by atoms with E-state index in [1.807, 2.05) is 43.0 Å². The Kier molecular flexibility index (Phi) is 5.94. The molecule has 1 aromatic heterocycles. The predicted octanol–water partition coefficient (Wildman–Crippen LogP) is 4.19. The number of benzene rings is 1. The molecule has 1 aliphatic heterocycles. The molecule has 1 amide bonds. The van der Waals surface area contributed by atoms with Crippen molar-refractivity contribution in [2.45, 2.75) is 46.6 Å². The molecule has 1 fully saturated rings. The van der Waals surface area contributed by atoms with E-state index < -0.39 is 0 Å². The molecule has 6 nitrogen and oxygen atoms in total. The largest absolute Gasteiger partial charge is 0.489 e. The van der Waals surface area contributed by atoms with Gasteiger partial charge in [-0.1, -0.05) is 19.1 Å². The Morgan fingerprint density at radius 3 is 2.81 bits per heavy atom. The zero-order valence-electron chi connectivity index (χ0n) is 16.5. The van der Waals surface area contributed by atoms with Crippen molar-refractivity contribution in [3.8, 4) is 5.75 Å². The highest BCUT2D eigenvalue weighted by molar-refractivity contribution is 5.93. The molecule has 1 aromatic carbocycles. The number of aryl methyl sites for hydroxylation is 1. The Morgan fingerprint density at radius 1 is 1.30 bits per heavy atom. The lowest BCUT2D eigenvalue weighted by atomic mass is 10.00. The molecule has 0 saturated carbocycles. The zero-order chi connectivity index (χ0) is 19.4. The Labute approximate surface area is 161 Å². The minimum Gasteiger partial charge on any atom is -0.489 e. The van der Waals surface area contributed by atoms with Crippen molar-refractivity contribution in [1.29, 1.82) is 0 Å². The Balaban J connectivity index is 1.83. The Bertz CT molecular complexity index is 807. The number of aromatic nitrogens is 2. The normalized spacial score (nSPS) is 17.1. The van der Waals surface area contributed by atoms with Crippen molar-refractivity contribution in [3.63, 3.8) is 0 Å². The summed E-state index contributed by atoms with van der Waals surface area (Å²) in [5.74, 6) is 2.41. The fourth-order valence-electron chi connectivity index (χ4n) is 3.34. The first kappa shape index (κ1) is 19.1. The van der Waals surface area contributed by atoms with Gasteiger partial charge in [-0.15, -0.1) is 0 Å². The minimum atomic E-state index is -0.0261. The van der Waals surface area contributed by atoms with Crippen molar-refractivity contribution >= 4 is 17.4 Å². The maximum atomic E-state index is 12.9. The summed E-state index contributed by atoms with van der Waals surface area (Å²) in [7, 11) is 0. The van der Waals surface area contributed by atoms with E-state index in [-0.39, 0.29) is 12.0 Å². The molecule has 1 aliphatic rings. The zero-order valence-corrected chi connectivity index (χ0v) is 16.5. The summed E-state index contributed by atoms with van der Waals surface area (Å²) in [5.41, 5.74) is 1.25. The van der Waals surface area contributed by atoms with Crippen LogP contribution in [0.25, 0.3) is 0 Å². The third kappa shape index (κ3) is 4.96. The van der Waals surface area contributed by atoms with Gasteiger partial charge in [0.25, 0.3) is 5.91 Å². The predicted molar refractivity (Wildman–Crippen MR) is 107 cm³/mol. The van der Waals surface area contributed by atoms with Crippen LogP contribution in [0.1, 0.15) is 49.9 Å². The highest BCUT2D eigenvalue weighted by Gasteiger charge is 2.23. The number of anilines is 2. The van der Waals surface area contributed by atoms with E-state index in [9.17, 15) is 4.79 Å². The number of rotatable bonds is 5. The number of nitrogens with zero attached hydrogens (tertiary/aromatic N) is 3. The van der Waals surface area contributed by atoms with E-state index in [0.717, 1.165) is 30.9 Å². The Morgan fingerprint density at radius 2 is 2.07 bits per heavy atom. The second-order valence-corrected chi connectivity index (χ2v) is 7.47. The average Bonchev–Trinajstić information content (AvgIpc) is 2.62. The van der Waals surface area contributed by atoms with E-state index in [2.05, 4.69) is 22.2 Å². The summed E-state index contributed by atoms with van der Waals surface area (Å²) >= 11 is 0. The summed E-state index contributed by atoms with van der Waals surface area (Å²) in [6.07, 6.45) is 2.28. The van der Waals surface area contributed by atoms with Gasteiger partial charge in [0.2, 0.25) is 0 Å². The lowest BCUT2D eigenvalue weighted by Crippen LogP contribution is -2.39. The van der Waals surface area contributed by atoms with Gasteiger partial charge in [0.05, 0.1) is 11.8 Å². The fraction of sp³-hybridized carbons (Fsp3) is 0.476. The SMILES string of the molecule is Cc1nc(Nc2ccccc2OC(C)C)cc(C(=O)N2CCCC(C)C2)n1. The van der Waals surface area contributed by atoms with Gasteiger partial charge in [-0.05, 0) is 51.7 Å². The van der Waals surface area contributed by atoms with Crippen LogP contribution in [0.3, 0.4) is 0 Å². The summed E-state index contributed by atoms with van der Waals surface area (Å²) < 4.78 is 5.85. The fourth-order valence-corrected chi connectivity index (χ4v) is 3.34. The third-order valence-electron chi connectivity index (χ3n) is 4.51. The topological polar surface area (TPSA) is 67.4 Å². The van der Waals surface area contributed by atoms with Gasteiger partial charge < -0.3 is 15.0 Å². The van der Waals surface area contributed by atoms with Crippen molar-refractivity contribution in [3.05, 3.63) is 41.9 Å². The van der Waals surface area contributed by atoms with Gasteiger partial charge in [-0.2, -0.15) is 0 Å². The number of hydrogen-bond donors (Lipinski definition) is 1. The highest BCUT2D eigenvalue weighted by atomic mass is 16.5. The average molecular weight is 368 g/mol. The lowest BCUT2D eigenvalue weighted by Gasteiger charge is -2.30. The van der Waals surface area contributed by atoms with Crippen LogP contribution < -0.4 is 10.1 Å². The number of likely N-dealkylation sites (tertiary alicyclic amines) is 1. The summed E-state index contributed by atoms with van der Waals surface area (Å²) in [6, 6.07) is 9.44. The maximum Gasteiger partial charge on any atom is 0.272 e. The van der Waals surface area contributed by atoms with Gasteiger partial charge in [0, 0.05) is 19.2 Å². The minimum absolute atomic E-state index is 0.0261. The van der Waals surface area contributed by atoms with Crippen molar-refractivity contribution in [2.24, 2.45) is 5.92 Å². The molecule has 27 heavy (non-hydrogen) atoms. The molecule has 0 radical (unpaired) electrons. The number of hydrogen-bond acceptors (Lipinski definition) is 5. The van der Waals surface area contributed by atoms with E-state index in [0.29, 0.717) is 23.3 Å². The molecule has 2 aromatic rings. The number of para-hydroxylation sites is 2. The lowest BCUT2D eigenvalue weighted by molar-refractivity contribution is 0.0676. The first-order valence-electron chi connectivity index (χ1n) is 9.60. The number of carbonyl (C=O) groups is 1. The first-order chi connectivity index (χ1) is 12.9. The highest BCUT2D eigenvalue weighted by Crippen LogP contribution is 2.28. The standard InChI is InChI=1S/C21H28N4O2/c1-14(2)27-19-10-6-5-9-17(19)24-20-12-18(22-16(4)23-20)21(26)25-11-7-8-15(3)13-25/h5-6,9-10,12,14-15H,7-8,11,13H2,1-4H3,(H,22,23,24). The van der Waals surface area contributed by atoms with Crippen LogP contribution in [0, 0.1) is 12.8 Å². The van der Waals surface area contributed by atoms with Gasteiger partial charge in [-0.3, -0.25) is 4.79 Å². The van der Waals surface area contributed by atoms with E-state index in [4.69, 9.17) is 4.74 Å². The summed E-state index contributed by atoms with van der Waals surface area (Å²) in [4.78, 5) is 23.6. The van der Waals surface area contributed by atoms with Crippen molar-refractivity contribution in [2.75, 3.05) is 18.4 Å². The smallest absolute Gasteiger partial charge is 0.272 e. The monoisotopic (exact) mass is 368 g/mol. The third-order valence-corrected chi connectivity index (χ3v) is 4.51. The van der Waals surface area contributed by atoms with Gasteiger partial charge >= 0.3 is 0 Å². The number of carbonyl (C=O) groups excluding carboxylic acids is 1. The quantitative estimate of drug-likeness (QED) is 0.857. The van der Waals surface area contributed by atoms with Gasteiger partial charge in [0.15, 0.2) is 0 Å². The van der Waals surface area contributed by atoms with Crippen LogP contribution in [0.5, 0.6) is 5.75 Å². The molecule has 1 N–H and O–H groups in total. The molecule has 0 spiro atoms. The molecule has 144 valence electrons. The maximum absolute atomic E-state index is 12.9. The second-order valence-electron chi connectivity index (χ2n) is 7.47. The van der Waals surface area contributed by atoms with E-state index >= 15 is 0 Å². The van der Waals surface area contributed by atoms with Crippen LogP contribution in [0.15, 0.2) is 30.3 Å². The summed E-state index contributed by atoms with van der Waals surface area (Å²) in [5, 5.41) is 3.28. The molecule has 2 heterocycles. The van der Waals surface area contributed by atoms with E-state index in [1.165, 1.54) is 6.42 Å². The van der Waals surface area contributed by atoms with Crippen LogP contribution in [-0.4, -0.2) is 40.0 Å². The van der Waals surface area contributed by atoms with Crippen LogP contribution in [0.4, 0.5) is 11.5 Å². The van der Waals surface area contributed by atoms with Crippen LogP contribution in [-0.2, 0) is 0 Å². The van der Waals surface area contributed by atoms with Gasteiger partial charge in [0.1, 0.15) is 23.1 Å². The number of ether oxygens (including phenoxy) is 1. The van der Waals surface area contributed by atoms with E-state index in [1.54, 1.807) is 13.0 Å². The molecule has 3 rings (SSSR count). The van der Waals surface area contributed by atoms with Crippen LogP contribution >= 0.6 is 0 Å². The van der Waals surface area contributed by atoms with Crippen LogP contribution in [0.2, 0.25) is 0 Å². The summed E-state index contributed by atoms with van der Waals surface area (Å²) in [6.45, 7) is 9.54. The number of piperidine rings is 1. The number of nitrogens with one attached hydrogen (secondary N) is 1. The molecule has 1 saturated heterocycles. The molecule has 1 unspecified atom stereocenters. The number of amides is 1. The van der Waals surface area contributed by atoms with Crippen molar-refractivity contribution in [1.82, 2.24) is 14.9 Å². The second kappa shape index (κ2) is 8.37.